The summed E-state index contributed by atoms with van der Waals surface area (Å²) in [5.41, 5.74) is 1.36. The fourth-order valence-electron chi connectivity index (χ4n) is 4.22. The number of imidazole rings is 1. The first-order valence-corrected chi connectivity index (χ1v) is 13.3. The van der Waals surface area contributed by atoms with E-state index < -0.39 is 10.0 Å². The maximum atomic E-state index is 12.3. The number of nitrogens with two attached hydrogens (primary N) is 1. The lowest BCUT2D eigenvalue weighted by molar-refractivity contribution is -0.123. The van der Waals surface area contributed by atoms with Crippen LogP contribution in [0.4, 0.5) is 0 Å². The van der Waals surface area contributed by atoms with Crippen LogP contribution >= 0.6 is 0 Å². The Balaban J connectivity index is 1.73. The molecule has 0 unspecified atom stereocenters. The van der Waals surface area contributed by atoms with E-state index in [2.05, 4.69) is 26.6 Å². The molecular weight excluding hydrogens is 440 g/mol. The van der Waals surface area contributed by atoms with Crippen molar-refractivity contribution in [3.63, 3.8) is 0 Å². The molecule has 2 aromatic rings. The van der Waals surface area contributed by atoms with Gasteiger partial charge in [-0.25, -0.2) is 18.5 Å². The summed E-state index contributed by atoms with van der Waals surface area (Å²) in [4.78, 5) is 21.8. The van der Waals surface area contributed by atoms with E-state index in [0.29, 0.717) is 18.6 Å². The van der Waals surface area contributed by atoms with Crippen molar-refractivity contribution < 1.29 is 13.2 Å². The Morgan fingerprint density at radius 2 is 1.85 bits per heavy atom. The summed E-state index contributed by atoms with van der Waals surface area (Å²) in [6.07, 6.45) is 3.06. The average molecular weight is 479 g/mol. The predicted octanol–water partition coefficient (Wildman–Crippen LogP) is 1.91. The maximum Gasteiger partial charge on any atom is 0.238 e. The molecule has 33 heavy (non-hydrogen) atoms. The van der Waals surface area contributed by atoms with Gasteiger partial charge in [0, 0.05) is 25.2 Å². The summed E-state index contributed by atoms with van der Waals surface area (Å²) in [6, 6.07) is 4.92. The molecule has 1 aliphatic heterocycles. The Bertz CT molecular complexity index is 1070. The standard InChI is InChI=1S/C23H38N6O3S/c1-5-6-12-29-20-9-8-18(33(24,31)32)15-19(20)25-21(29)16-27-10-7-11-28(14-13-27)17-22(30)26-23(2,3)4/h8-9,15H,5-7,10-14,16-17H2,1-4H3,(H,26,30)(H2,24,31,32). The molecule has 0 saturated carbocycles. The van der Waals surface area contributed by atoms with Crippen molar-refractivity contribution in [2.45, 2.75) is 70.5 Å². The van der Waals surface area contributed by atoms with Crippen LogP contribution in [0.15, 0.2) is 23.1 Å². The highest BCUT2D eigenvalue weighted by Crippen LogP contribution is 2.22. The zero-order chi connectivity index (χ0) is 24.2. The molecule has 0 radical (unpaired) electrons. The number of fused-ring (bicyclic) bond motifs is 1. The number of rotatable bonds is 8. The van der Waals surface area contributed by atoms with Gasteiger partial charge >= 0.3 is 0 Å². The molecule has 1 aromatic heterocycles. The molecule has 1 fully saturated rings. The molecule has 3 N–H and O–H groups in total. The molecule has 184 valence electrons. The summed E-state index contributed by atoms with van der Waals surface area (Å²) in [5, 5.41) is 8.35. The maximum absolute atomic E-state index is 12.3. The van der Waals surface area contributed by atoms with Crippen LogP contribution in [0.2, 0.25) is 0 Å². The first kappa shape index (κ1) is 25.6. The normalized spacial score (nSPS) is 16.8. The second kappa shape index (κ2) is 10.5. The van der Waals surface area contributed by atoms with Crippen molar-refractivity contribution in [2.24, 2.45) is 5.14 Å². The number of nitrogens with one attached hydrogen (secondary N) is 1. The number of primary sulfonamides is 1. The average Bonchev–Trinajstić information content (AvgIpc) is 2.88. The Labute approximate surface area is 197 Å². The summed E-state index contributed by atoms with van der Waals surface area (Å²) in [6.45, 7) is 13.5. The molecule has 1 aromatic carbocycles. The smallest absolute Gasteiger partial charge is 0.238 e. The summed E-state index contributed by atoms with van der Waals surface area (Å²) in [7, 11) is -3.77. The monoisotopic (exact) mass is 478 g/mol. The minimum atomic E-state index is -3.77. The molecule has 1 saturated heterocycles. The molecular formula is C23H38N6O3S. The van der Waals surface area contributed by atoms with Crippen LogP contribution in [0.5, 0.6) is 0 Å². The van der Waals surface area contributed by atoms with E-state index in [1.807, 2.05) is 20.8 Å². The SMILES string of the molecule is CCCCn1c(CN2CCCN(CC(=O)NC(C)(C)C)CC2)nc2cc(S(N)(=O)=O)ccc21. The number of carbonyl (C=O) groups excluding carboxylic acids is 1. The number of carbonyl (C=O) groups is 1. The molecule has 0 spiro atoms. The number of benzene rings is 1. The number of nitrogens with zero attached hydrogens (tertiary/aromatic N) is 4. The van der Waals surface area contributed by atoms with Crippen LogP contribution in [-0.4, -0.2) is 71.9 Å². The molecule has 9 nitrogen and oxygen atoms in total. The molecule has 1 amide bonds. The first-order chi connectivity index (χ1) is 15.5. The molecule has 0 atom stereocenters. The fourth-order valence-corrected chi connectivity index (χ4v) is 4.76. The van der Waals surface area contributed by atoms with E-state index >= 15 is 0 Å². The summed E-state index contributed by atoms with van der Waals surface area (Å²) < 4.78 is 25.8. The largest absolute Gasteiger partial charge is 0.350 e. The second-order valence-corrected chi connectivity index (χ2v) is 11.5. The van der Waals surface area contributed by atoms with Gasteiger partial charge in [-0.15, -0.1) is 0 Å². The van der Waals surface area contributed by atoms with Gasteiger partial charge in [-0.1, -0.05) is 13.3 Å². The number of aromatic nitrogens is 2. The number of amides is 1. The van der Waals surface area contributed by atoms with Gasteiger partial charge in [-0.2, -0.15) is 0 Å². The van der Waals surface area contributed by atoms with E-state index in [1.165, 1.54) is 0 Å². The third-order valence-corrected chi connectivity index (χ3v) is 6.70. The number of aryl methyl sites for hydroxylation is 1. The van der Waals surface area contributed by atoms with Gasteiger partial charge < -0.3 is 9.88 Å². The summed E-state index contributed by atoms with van der Waals surface area (Å²) >= 11 is 0. The fraction of sp³-hybridized carbons (Fsp3) is 0.652. The van der Waals surface area contributed by atoms with Crippen molar-refractivity contribution in [3.05, 3.63) is 24.0 Å². The number of hydrogen-bond acceptors (Lipinski definition) is 6. The predicted molar refractivity (Wildman–Crippen MR) is 130 cm³/mol. The Hall–Kier alpha value is -2.01. The second-order valence-electron chi connectivity index (χ2n) is 9.93. The van der Waals surface area contributed by atoms with Crippen LogP contribution in [0.1, 0.15) is 52.8 Å². The quantitative estimate of drug-likeness (QED) is 0.599. The van der Waals surface area contributed by atoms with Crippen LogP contribution < -0.4 is 10.5 Å². The van der Waals surface area contributed by atoms with E-state index in [0.717, 1.165) is 63.3 Å². The Morgan fingerprint density at radius 1 is 1.15 bits per heavy atom. The van der Waals surface area contributed by atoms with Crippen molar-refractivity contribution in [3.8, 4) is 0 Å². The highest BCUT2D eigenvalue weighted by Gasteiger charge is 2.22. The van der Waals surface area contributed by atoms with E-state index in [1.54, 1.807) is 18.2 Å². The lowest BCUT2D eigenvalue weighted by Gasteiger charge is -2.25. The highest BCUT2D eigenvalue weighted by molar-refractivity contribution is 7.89. The molecule has 2 heterocycles. The number of unbranched alkanes of at least 4 members (excludes halogenated alkanes) is 1. The van der Waals surface area contributed by atoms with E-state index in [4.69, 9.17) is 10.1 Å². The van der Waals surface area contributed by atoms with Gasteiger partial charge in [0.15, 0.2) is 0 Å². The van der Waals surface area contributed by atoms with Crippen LogP contribution in [-0.2, 0) is 27.9 Å². The molecule has 3 rings (SSSR count). The van der Waals surface area contributed by atoms with Gasteiger partial charge in [0.25, 0.3) is 0 Å². The van der Waals surface area contributed by atoms with E-state index in [9.17, 15) is 13.2 Å². The lowest BCUT2D eigenvalue weighted by Crippen LogP contribution is -2.46. The minimum Gasteiger partial charge on any atom is -0.350 e. The van der Waals surface area contributed by atoms with E-state index in [-0.39, 0.29) is 16.3 Å². The van der Waals surface area contributed by atoms with Crippen molar-refractivity contribution in [1.29, 1.82) is 0 Å². The van der Waals surface area contributed by atoms with Crippen LogP contribution in [0.25, 0.3) is 11.0 Å². The number of sulfonamides is 1. The van der Waals surface area contributed by atoms with Gasteiger partial charge in [-0.05, 0) is 64.9 Å². The zero-order valence-corrected chi connectivity index (χ0v) is 21.1. The first-order valence-electron chi connectivity index (χ1n) is 11.7. The van der Waals surface area contributed by atoms with Gasteiger partial charge in [0.2, 0.25) is 15.9 Å². The van der Waals surface area contributed by atoms with Crippen LogP contribution in [0.3, 0.4) is 0 Å². The Kier molecular flexibility index (Phi) is 8.15. The van der Waals surface area contributed by atoms with Gasteiger partial charge in [0.1, 0.15) is 5.82 Å². The minimum absolute atomic E-state index is 0.0583. The van der Waals surface area contributed by atoms with Gasteiger partial charge in [-0.3, -0.25) is 14.6 Å². The topological polar surface area (TPSA) is 114 Å². The highest BCUT2D eigenvalue weighted by atomic mass is 32.2. The Morgan fingerprint density at radius 3 is 2.52 bits per heavy atom. The van der Waals surface area contributed by atoms with Crippen molar-refractivity contribution in [1.82, 2.24) is 24.7 Å². The summed E-state index contributed by atoms with van der Waals surface area (Å²) in [5.74, 6) is 0.993. The third kappa shape index (κ3) is 7.23. The van der Waals surface area contributed by atoms with Gasteiger partial charge in [0.05, 0.1) is 29.0 Å². The molecule has 10 heteroatoms. The van der Waals surface area contributed by atoms with Crippen molar-refractivity contribution in [2.75, 3.05) is 32.7 Å². The number of hydrogen-bond donors (Lipinski definition) is 2. The van der Waals surface area contributed by atoms with Crippen LogP contribution in [0, 0.1) is 0 Å². The molecule has 0 bridgehead atoms. The third-order valence-electron chi connectivity index (χ3n) is 5.79. The van der Waals surface area contributed by atoms with Crippen molar-refractivity contribution >= 4 is 27.0 Å². The zero-order valence-electron chi connectivity index (χ0n) is 20.3. The lowest BCUT2D eigenvalue weighted by atomic mass is 10.1. The molecule has 0 aliphatic carbocycles. The molecule has 1 aliphatic rings.